The number of nitro groups is 1. The maximum Gasteiger partial charge on any atom is 0.314 e. The lowest BCUT2D eigenvalue weighted by Crippen LogP contribution is -2.33. The van der Waals surface area contributed by atoms with Crippen molar-refractivity contribution < 1.29 is 19.6 Å². The quantitative estimate of drug-likeness (QED) is 0.390. The molecular formula is C15H19NO5. The van der Waals surface area contributed by atoms with E-state index in [0.717, 1.165) is 5.56 Å². The Kier molecular flexibility index (Phi) is 3.76. The summed E-state index contributed by atoms with van der Waals surface area (Å²) in [7, 11) is 0. The number of hydrogen-bond donors (Lipinski definition) is 1. The van der Waals surface area contributed by atoms with Crippen LogP contribution in [0.5, 0.6) is 0 Å². The van der Waals surface area contributed by atoms with Gasteiger partial charge in [0.2, 0.25) is 5.79 Å². The lowest BCUT2D eigenvalue weighted by Gasteiger charge is -2.22. The highest BCUT2D eigenvalue weighted by Gasteiger charge is 2.52. The Labute approximate surface area is 122 Å². The van der Waals surface area contributed by atoms with E-state index in [9.17, 15) is 20.0 Å². The van der Waals surface area contributed by atoms with E-state index in [1.165, 1.54) is 19.9 Å². The van der Waals surface area contributed by atoms with Crippen molar-refractivity contribution >= 4 is 11.7 Å². The first-order chi connectivity index (χ1) is 9.65. The van der Waals surface area contributed by atoms with Gasteiger partial charge in [-0.3, -0.25) is 14.9 Å². The number of nitro benzene ring substituents is 1. The van der Waals surface area contributed by atoms with Gasteiger partial charge in [0.15, 0.2) is 0 Å². The van der Waals surface area contributed by atoms with Crippen molar-refractivity contribution in [2.75, 3.05) is 0 Å². The molecule has 0 saturated heterocycles. The third kappa shape index (κ3) is 3.39. The number of aliphatic hydroxyl groups is 1. The van der Waals surface area contributed by atoms with Crippen LogP contribution in [0.15, 0.2) is 18.2 Å². The standard InChI is InChI=1S/C15H19NO5/c1-10-11(5-4-6-12(10)16(19)20)9-15(7-8-15)13(17)21-14(2,3)18/h4-6,18H,7-9H2,1-3H3. The molecule has 1 N–H and O–H groups in total. The van der Waals surface area contributed by atoms with Gasteiger partial charge in [0.1, 0.15) is 0 Å². The van der Waals surface area contributed by atoms with Crippen molar-refractivity contribution in [1.82, 2.24) is 0 Å². The molecule has 1 aliphatic carbocycles. The molecule has 0 aromatic heterocycles. The van der Waals surface area contributed by atoms with Crippen LogP contribution in [0.2, 0.25) is 0 Å². The Morgan fingerprint density at radius 1 is 1.48 bits per heavy atom. The van der Waals surface area contributed by atoms with E-state index in [1.807, 2.05) is 0 Å². The zero-order valence-electron chi connectivity index (χ0n) is 12.4. The SMILES string of the molecule is Cc1c(CC2(C(=O)OC(C)(C)O)CC2)cccc1[N+](=O)[O-]. The summed E-state index contributed by atoms with van der Waals surface area (Å²) in [6.45, 7) is 4.49. The van der Waals surface area contributed by atoms with E-state index in [2.05, 4.69) is 0 Å². The van der Waals surface area contributed by atoms with Crippen LogP contribution in [0.4, 0.5) is 5.69 Å². The lowest BCUT2D eigenvalue weighted by atomic mass is 9.93. The van der Waals surface area contributed by atoms with Crippen LogP contribution < -0.4 is 0 Å². The second-order valence-electron chi connectivity index (χ2n) is 6.11. The first-order valence-electron chi connectivity index (χ1n) is 6.83. The first-order valence-corrected chi connectivity index (χ1v) is 6.83. The van der Waals surface area contributed by atoms with Crippen LogP contribution in [-0.4, -0.2) is 21.8 Å². The van der Waals surface area contributed by atoms with Gasteiger partial charge in [0.05, 0.1) is 10.3 Å². The van der Waals surface area contributed by atoms with E-state index in [-0.39, 0.29) is 5.69 Å². The van der Waals surface area contributed by atoms with E-state index in [4.69, 9.17) is 4.74 Å². The smallest absolute Gasteiger partial charge is 0.314 e. The van der Waals surface area contributed by atoms with Gasteiger partial charge < -0.3 is 9.84 Å². The maximum atomic E-state index is 12.2. The fourth-order valence-corrected chi connectivity index (χ4v) is 2.36. The molecule has 1 aromatic carbocycles. The van der Waals surface area contributed by atoms with Gasteiger partial charge in [-0.2, -0.15) is 0 Å². The van der Waals surface area contributed by atoms with Gasteiger partial charge in [-0.25, -0.2) is 0 Å². The Bertz CT molecular complexity index is 584. The van der Waals surface area contributed by atoms with E-state index in [0.29, 0.717) is 24.8 Å². The summed E-state index contributed by atoms with van der Waals surface area (Å²) < 4.78 is 5.04. The molecular weight excluding hydrogens is 274 g/mol. The minimum absolute atomic E-state index is 0.0548. The predicted molar refractivity (Wildman–Crippen MR) is 75.6 cm³/mol. The maximum absolute atomic E-state index is 12.2. The van der Waals surface area contributed by atoms with Gasteiger partial charge in [0, 0.05) is 25.5 Å². The van der Waals surface area contributed by atoms with Crippen LogP contribution in [0.1, 0.15) is 37.8 Å². The number of ether oxygens (including phenoxy) is 1. The molecule has 21 heavy (non-hydrogen) atoms. The minimum Gasteiger partial charge on any atom is -0.433 e. The lowest BCUT2D eigenvalue weighted by molar-refractivity contribution is -0.385. The van der Waals surface area contributed by atoms with Crippen LogP contribution in [0.3, 0.4) is 0 Å². The predicted octanol–water partition coefficient (Wildman–Crippen LogP) is 2.50. The summed E-state index contributed by atoms with van der Waals surface area (Å²) in [6, 6.07) is 4.87. The average Bonchev–Trinajstić information content (AvgIpc) is 3.10. The number of benzene rings is 1. The third-order valence-corrected chi connectivity index (χ3v) is 3.77. The highest BCUT2D eigenvalue weighted by molar-refractivity contribution is 5.80. The number of carbonyl (C=O) groups is 1. The molecule has 0 heterocycles. The summed E-state index contributed by atoms with van der Waals surface area (Å²) in [5.41, 5.74) is 0.748. The molecule has 6 nitrogen and oxygen atoms in total. The molecule has 0 atom stereocenters. The van der Waals surface area contributed by atoms with Gasteiger partial charge >= 0.3 is 5.97 Å². The van der Waals surface area contributed by atoms with Crippen molar-refractivity contribution in [2.45, 2.75) is 45.8 Å². The van der Waals surface area contributed by atoms with Crippen molar-refractivity contribution in [3.8, 4) is 0 Å². The molecule has 0 bridgehead atoms. The van der Waals surface area contributed by atoms with Crippen LogP contribution in [0.25, 0.3) is 0 Å². The number of hydrogen-bond acceptors (Lipinski definition) is 5. The third-order valence-electron chi connectivity index (χ3n) is 3.77. The monoisotopic (exact) mass is 293 g/mol. The molecule has 2 rings (SSSR count). The van der Waals surface area contributed by atoms with Gasteiger partial charge in [0.25, 0.3) is 5.69 Å². The van der Waals surface area contributed by atoms with Crippen molar-refractivity contribution in [1.29, 1.82) is 0 Å². The number of rotatable bonds is 5. The van der Waals surface area contributed by atoms with E-state index in [1.54, 1.807) is 19.1 Å². The summed E-state index contributed by atoms with van der Waals surface area (Å²) in [5.74, 6) is -1.95. The molecule has 0 aliphatic heterocycles. The van der Waals surface area contributed by atoms with Crippen molar-refractivity contribution in [3.05, 3.63) is 39.4 Å². The Morgan fingerprint density at radius 3 is 2.57 bits per heavy atom. The van der Waals surface area contributed by atoms with Crippen molar-refractivity contribution in [3.63, 3.8) is 0 Å². The van der Waals surface area contributed by atoms with Crippen LogP contribution in [0, 0.1) is 22.5 Å². The largest absolute Gasteiger partial charge is 0.433 e. The first kappa shape index (κ1) is 15.4. The highest BCUT2D eigenvalue weighted by Crippen LogP contribution is 2.50. The second-order valence-corrected chi connectivity index (χ2v) is 6.11. The number of esters is 1. The summed E-state index contributed by atoms with van der Waals surface area (Å²) in [4.78, 5) is 22.7. The molecule has 1 aliphatic rings. The summed E-state index contributed by atoms with van der Waals surface area (Å²) in [6.07, 6.45) is 1.74. The zero-order chi connectivity index (χ0) is 15.8. The van der Waals surface area contributed by atoms with Crippen molar-refractivity contribution in [2.24, 2.45) is 5.41 Å². The van der Waals surface area contributed by atoms with Gasteiger partial charge in [-0.05, 0) is 31.7 Å². The minimum atomic E-state index is -1.51. The van der Waals surface area contributed by atoms with Crippen LogP contribution >= 0.6 is 0 Å². The second kappa shape index (κ2) is 5.11. The molecule has 114 valence electrons. The zero-order valence-corrected chi connectivity index (χ0v) is 12.4. The molecule has 1 saturated carbocycles. The topological polar surface area (TPSA) is 89.7 Å². The molecule has 0 unspecified atom stereocenters. The van der Waals surface area contributed by atoms with Gasteiger partial charge in [-0.1, -0.05) is 12.1 Å². The Balaban J connectivity index is 2.21. The fraction of sp³-hybridized carbons (Fsp3) is 0.533. The normalized spacial score (nSPS) is 16.4. The highest BCUT2D eigenvalue weighted by atomic mass is 16.7. The average molecular weight is 293 g/mol. The molecule has 6 heteroatoms. The molecule has 0 spiro atoms. The van der Waals surface area contributed by atoms with E-state index < -0.39 is 22.1 Å². The Morgan fingerprint density at radius 2 is 2.10 bits per heavy atom. The Hall–Kier alpha value is -1.95. The molecule has 1 fully saturated rings. The molecule has 0 amide bonds. The van der Waals surface area contributed by atoms with Gasteiger partial charge in [-0.15, -0.1) is 0 Å². The molecule has 0 radical (unpaired) electrons. The molecule has 1 aromatic rings. The summed E-state index contributed by atoms with van der Waals surface area (Å²) in [5, 5.41) is 20.5. The fourth-order valence-electron chi connectivity index (χ4n) is 2.36. The number of carbonyl (C=O) groups excluding carboxylic acids is 1. The van der Waals surface area contributed by atoms with E-state index >= 15 is 0 Å². The summed E-state index contributed by atoms with van der Waals surface area (Å²) >= 11 is 0. The number of nitrogens with zero attached hydrogens (tertiary/aromatic N) is 1. The van der Waals surface area contributed by atoms with Crippen LogP contribution in [-0.2, 0) is 16.0 Å².